The van der Waals surface area contributed by atoms with Crippen LogP contribution in [0.5, 0.6) is 0 Å². The van der Waals surface area contributed by atoms with Crippen LogP contribution in [0.25, 0.3) is 0 Å². The van der Waals surface area contributed by atoms with E-state index in [9.17, 15) is 0 Å². The predicted octanol–water partition coefficient (Wildman–Crippen LogP) is 2.64. The Hall–Kier alpha value is -0.460. The lowest BCUT2D eigenvalue weighted by atomic mass is 9.74. The summed E-state index contributed by atoms with van der Waals surface area (Å²) in [6.45, 7) is 9.80. The highest BCUT2D eigenvalue weighted by Gasteiger charge is 2.45. The molecular formula is C11H19N. The summed E-state index contributed by atoms with van der Waals surface area (Å²) in [6, 6.07) is 0.868. The van der Waals surface area contributed by atoms with E-state index in [1.807, 2.05) is 0 Å². The van der Waals surface area contributed by atoms with Crippen LogP contribution in [0.3, 0.4) is 0 Å². The summed E-state index contributed by atoms with van der Waals surface area (Å²) in [5.74, 6) is 1.96. The molecular weight excluding hydrogens is 146 g/mol. The Balaban J connectivity index is 2.07. The maximum absolute atomic E-state index is 4.05. The lowest BCUT2D eigenvalue weighted by Gasteiger charge is -2.38. The molecule has 0 aromatic carbocycles. The van der Waals surface area contributed by atoms with Gasteiger partial charge in [-0.25, -0.2) is 0 Å². The molecule has 0 aromatic rings. The third-order valence-corrected chi connectivity index (χ3v) is 3.74. The van der Waals surface area contributed by atoms with Crippen molar-refractivity contribution in [1.29, 1.82) is 0 Å². The van der Waals surface area contributed by atoms with Crippen molar-refractivity contribution >= 4 is 0 Å². The van der Waals surface area contributed by atoms with Crippen molar-refractivity contribution in [3.05, 3.63) is 12.3 Å². The van der Waals surface area contributed by atoms with Crippen LogP contribution >= 0.6 is 0 Å². The molecule has 0 spiro atoms. The molecule has 3 unspecified atom stereocenters. The molecule has 0 amide bonds. The summed E-state index contributed by atoms with van der Waals surface area (Å²) in [6.07, 6.45) is 4.23. The van der Waals surface area contributed by atoms with Crippen molar-refractivity contribution in [2.45, 2.75) is 39.2 Å². The first-order valence-corrected chi connectivity index (χ1v) is 5.16. The van der Waals surface area contributed by atoms with Gasteiger partial charge in [0, 0.05) is 18.3 Å². The molecule has 3 atom stereocenters. The average Bonchev–Trinajstić information content (AvgIpc) is 2.22. The summed E-state index contributed by atoms with van der Waals surface area (Å²) >= 11 is 0. The monoisotopic (exact) mass is 165 g/mol. The number of allylic oxidation sites excluding steroid dienone is 1. The van der Waals surface area contributed by atoms with Crippen LogP contribution in [-0.2, 0) is 0 Å². The SMILES string of the molecule is C=C(C)N1CC(CC)C2CCC21. The molecule has 2 fully saturated rings. The maximum Gasteiger partial charge on any atom is 0.0318 e. The molecule has 0 aromatic heterocycles. The van der Waals surface area contributed by atoms with E-state index in [0.29, 0.717) is 0 Å². The minimum atomic E-state index is 0.868. The zero-order chi connectivity index (χ0) is 8.72. The van der Waals surface area contributed by atoms with Gasteiger partial charge in [-0.2, -0.15) is 0 Å². The van der Waals surface area contributed by atoms with Crippen LogP contribution < -0.4 is 0 Å². The number of hydrogen-bond acceptors (Lipinski definition) is 1. The molecule has 2 rings (SSSR count). The zero-order valence-electron chi connectivity index (χ0n) is 8.21. The molecule has 12 heavy (non-hydrogen) atoms. The van der Waals surface area contributed by atoms with Gasteiger partial charge in [-0.3, -0.25) is 0 Å². The lowest BCUT2D eigenvalue weighted by Crippen LogP contribution is -2.38. The van der Waals surface area contributed by atoms with Gasteiger partial charge in [-0.1, -0.05) is 19.9 Å². The third-order valence-electron chi connectivity index (χ3n) is 3.74. The molecule has 1 nitrogen and oxygen atoms in total. The molecule has 2 aliphatic rings. The smallest absolute Gasteiger partial charge is 0.0318 e. The second-order valence-electron chi connectivity index (χ2n) is 4.36. The lowest BCUT2D eigenvalue weighted by molar-refractivity contribution is 0.160. The van der Waals surface area contributed by atoms with Gasteiger partial charge < -0.3 is 4.90 Å². The van der Waals surface area contributed by atoms with E-state index in [4.69, 9.17) is 0 Å². The number of rotatable bonds is 2. The Kier molecular flexibility index (Phi) is 1.90. The van der Waals surface area contributed by atoms with Gasteiger partial charge in [-0.15, -0.1) is 0 Å². The Morgan fingerprint density at radius 3 is 2.50 bits per heavy atom. The van der Waals surface area contributed by atoms with Crippen LogP contribution in [-0.4, -0.2) is 17.5 Å². The molecule has 1 aliphatic heterocycles. The van der Waals surface area contributed by atoms with E-state index in [0.717, 1.165) is 17.9 Å². The van der Waals surface area contributed by atoms with Gasteiger partial charge in [0.05, 0.1) is 0 Å². The van der Waals surface area contributed by atoms with Crippen molar-refractivity contribution in [3.63, 3.8) is 0 Å². The van der Waals surface area contributed by atoms with Gasteiger partial charge in [0.1, 0.15) is 0 Å². The van der Waals surface area contributed by atoms with Gasteiger partial charge in [0.25, 0.3) is 0 Å². The van der Waals surface area contributed by atoms with Crippen LogP contribution in [0.4, 0.5) is 0 Å². The Morgan fingerprint density at radius 2 is 2.25 bits per heavy atom. The Labute approximate surface area is 75.4 Å². The van der Waals surface area contributed by atoms with E-state index in [2.05, 4.69) is 25.3 Å². The third kappa shape index (κ3) is 0.988. The summed E-state index contributed by atoms with van der Waals surface area (Å²) < 4.78 is 0. The molecule has 1 saturated heterocycles. The van der Waals surface area contributed by atoms with Gasteiger partial charge in [0.15, 0.2) is 0 Å². The van der Waals surface area contributed by atoms with E-state index in [1.54, 1.807) is 0 Å². The molecule has 1 heterocycles. The molecule has 1 heteroatoms. The topological polar surface area (TPSA) is 3.24 Å². The standard InChI is InChI=1S/C11H19N/c1-4-9-7-12(8(2)3)11-6-5-10(9)11/h9-11H,2,4-7H2,1,3H3. The molecule has 1 aliphatic carbocycles. The number of likely N-dealkylation sites (tertiary alicyclic amines) is 1. The summed E-state index contributed by atoms with van der Waals surface area (Å²) in [7, 11) is 0. The van der Waals surface area contributed by atoms with Gasteiger partial charge >= 0.3 is 0 Å². The predicted molar refractivity (Wildman–Crippen MR) is 51.8 cm³/mol. The van der Waals surface area contributed by atoms with Crippen molar-refractivity contribution in [2.75, 3.05) is 6.54 Å². The number of nitrogens with zero attached hydrogens (tertiary/aromatic N) is 1. The van der Waals surface area contributed by atoms with Crippen molar-refractivity contribution in [3.8, 4) is 0 Å². The summed E-state index contributed by atoms with van der Waals surface area (Å²) in [4.78, 5) is 2.53. The molecule has 68 valence electrons. The fourth-order valence-corrected chi connectivity index (χ4v) is 2.84. The fraction of sp³-hybridized carbons (Fsp3) is 0.818. The van der Waals surface area contributed by atoms with Crippen LogP contribution in [0, 0.1) is 11.8 Å². The second-order valence-corrected chi connectivity index (χ2v) is 4.36. The van der Waals surface area contributed by atoms with E-state index in [-0.39, 0.29) is 0 Å². The summed E-state index contributed by atoms with van der Waals surface area (Å²) in [5, 5.41) is 0. The summed E-state index contributed by atoms with van der Waals surface area (Å²) in [5.41, 5.74) is 1.28. The van der Waals surface area contributed by atoms with Crippen molar-refractivity contribution in [1.82, 2.24) is 4.90 Å². The highest BCUT2D eigenvalue weighted by molar-refractivity contribution is 5.06. The highest BCUT2D eigenvalue weighted by atomic mass is 15.2. The highest BCUT2D eigenvalue weighted by Crippen LogP contribution is 2.46. The second kappa shape index (κ2) is 2.79. The molecule has 0 N–H and O–H groups in total. The van der Waals surface area contributed by atoms with Gasteiger partial charge in [0.2, 0.25) is 0 Å². The first-order valence-electron chi connectivity index (χ1n) is 5.16. The normalized spacial score (nSPS) is 39.2. The van der Waals surface area contributed by atoms with Gasteiger partial charge in [-0.05, 0) is 31.6 Å². The van der Waals surface area contributed by atoms with E-state index < -0.39 is 0 Å². The first kappa shape index (κ1) is 8.15. The Bertz CT molecular complexity index is 195. The van der Waals surface area contributed by atoms with Crippen LogP contribution in [0.1, 0.15) is 33.1 Å². The fourth-order valence-electron chi connectivity index (χ4n) is 2.84. The zero-order valence-corrected chi connectivity index (χ0v) is 8.21. The van der Waals surface area contributed by atoms with Crippen LogP contribution in [0.2, 0.25) is 0 Å². The van der Waals surface area contributed by atoms with Crippen LogP contribution in [0.15, 0.2) is 12.3 Å². The van der Waals surface area contributed by atoms with E-state index in [1.165, 1.54) is 31.5 Å². The molecule has 0 bridgehead atoms. The maximum atomic E-state index is 4.05. The quantitative estimate of drug-likeness (QED) is 0.608. The average molecular weight is 165 g/mol. The number of fused-ring (bicyclic) bond motifs is 1. The minimum Gasteiger partial charge on any atom is -0.372 e. The Morgan fingerprint density at radius 1 is 1.50 bits per heavy atom. The largest absolute Gasteiger partial charge is 0.372 e. The molecule has 1 saturated carbocycles. The number of hydrogen-bond donors (Lipinski definition) is 0. The molecule has 0 radical (unpaired) electrons. The van der Waals surface area contributed by atoms with E-state index >= 15 is 0 Å². The van der Waals surface area contributed by atoms with Crippen molar-refractivity contribution in [2.24, 2.45) is 11.8 Å². The first-order chi connectivity index (χ1) is 5.74. The minimum absolute atomic E-state index is 0.868. The van der Waals surface area contributed by atoms with Crippen molar-refractivity contribution < 1.29 is 0 Å².